The third-order valence-electron chi connectivity index (χ3n) is 4.19. The minimum Gasteiger partial charge on any atom is -1.00 e. The van der Waals surface area contributed by atoms with E-state index in [1.165, 1.54) is 40.7 Å². The van der Waals surface area contributed by atoms with Crippen LogP contribution in [0.2, 0.25) is 0 Å². The van der Waals surface area contributed by atoms with Crippen LogP contribution >= 0.6 is 7.82 Å². The summed E-state index contributed by atoms with van der Waals surface area (Å²) in [6.45, 7) is 0. The zero-order valence-electron chi connectivity index (χ0n) is 20.6. The first-order chi connectivity index (χ1) is 14.3. The van der Waals surface area contributed by atoms with Crippen molar-refractivity contribution in [2.75, 3.05) is 28.4 Å². The Morgan fingerprint density at radius 1 is 0.875 bits per heavy atom. The summed E-state index contributed by atoms with van der Waals surface area (Å²) in [7, 11) is 1.05. The normalized spacial score (nSPS) is 10.4. The molecule has 3 rings (SSSR count). The van der Waals surface area contributed by atoms with E-state index in [4.69, 9.17) is 28.0 Å². The molecule has 0 saturated carbocycles. The number of methoxy groups -OCH3 is 4. The van der Waals surface area contributed by atoms with E-state index in [0.717, 1.165) is 0 Å². The number of ether oxygens (including phenoxy) is 4. The molecule has 0 fully saturated rings. The van der Waals surface area contributed by atoms with Gasteiger partial charge in [0.15, 0.2) is 17.3 Å². The van der Waals surface area contributed by atoms with Crippen LogP contribution in [0.15, 0.2) is 41.1 Å². The number of aromatic nitrogens is 1. The van der Waals surface area contributed by atoms with Crippen LogP contribution in [0.5, 0.6) is 28.7 Å². The molecule has 0 atom stereocenters. The second-order valence-electron chi connectivity index (χ2n) is 5.93. The summed E-state index contributed by atoms with van der Waals surface area (Å²) in [4.78, 5) is 18.6. The standard InChI is InChI=1S/C19H20NO9P.2Na.2H/c1-24-12-5-6-13(15(9-12)29-30(21,22)23)14-10-20-28-18(14)11-7-16(25-2)19(27-4)17(8-11)26-3;;;;/h5-10H,1-4H3,(H2,21,22,23);;;;/q;2*+1;2*-1. The van der Waals surface area contributed by atoms with E-state index in [0.29, 0.717) is 45.4 Å². The Morgan fingerprint density at radius 3 is 2.00 bits per heavy atom. The molecule has 1 heterocycles. The van der Waals surface area contributed by atoms with E-state index >= 15 is 0 Å². The maximum absolute atomic E-state index is 11.5. The molecule has 0 radical (unpaired) electrons. The number of phosphoric ester groups is 1. The summed E-state index contributed by atoms with van der Waals surface area (Å²) >= 11 is 0. The quantitative estimate of drug-likeness (QED) is 0.267. The van der Waals surface area contributed by atoms with Gasteiger partial charge >= 0.3 is 66.9 Å². The predicted octanol–water partition coefficient (Wildman–Crippen LogP) is -2.25. The van der Waals surface area contributed by atoms with E-state index in [-0.39, 0.29) is 67.7 Å². The monoisotopic (exact) mass is 485 g/mol. The first-order valence-electron chi connectivity index (χ1n) is 8.50. The molecule has 3 aromatic rings. The molecule has 2 N–H and O–H groups in total. The summed E-state index contributed by atoms with van der Waals surface area (Å²) in [5.41, 5.74) is 1.30. The van der Waals surface area contributed by atoms with Gasteiger partial charge in [0.2, 0.25) is 5.75 Å². The summed E-state index contributed by atoms with van der Waals surface area (Å²) in [6.07, 6.45) is 1.41. The van der Waals surface area contributed by atoms with Gasteiger partial charge in [0.1, 0.15) is 11.5 Å². The zero-order chi connectivity index (χ0) is 21.9. The average Bonchev–Trinajstić information content (AvgIpc) is 3.20. The molecular weight excluding hydrogens is 463 g/mol. The third-order valence-corrected chi connectivity index (χ3v) is 4.63. The first-order valence-corrected chi connectivity index (χ1v) is 10.0. The molecule has 0 unspecified atom stereocenters. The second-order valence-corrected chi connectivity index (χ2v) is 7.09. The molecule has 0 amide bonds. The number of rotatable bonds is 8. The minimum atomic E-state index is -4.83. The fraction of sp³-hybridized carbons (Fsp3) is 0.211. The van der Waals surface area contributed by atoms with E-state index in [2.05, 4.69) is 5.16 Å². The van der Waals surface area contributed by atoms with Crippen LogP contribution in [0.25, 0.3) is 22.5 Å². The van der Waals surface area contributed by atoms with E-state index in [1.807, 2.05) is 0 Å². The molecule has 0 aliphatic rings. The summed E-state index contributed by atoms with van der Waals surface area (Å²) in [5, 5.41) is 3.84. The van der Waals surface area contributed by atoms with Crippen LogP contribution in [0.1, 0.15) is 2.85 Å². The Kier molecular flexibility index (Phi) is 11.1. The smallest absolute Gasteiger partial charge is 1.00 e. The average molecular weight is 485 g/mol. The molecule has 0 saturated heterocycles. The van der Waals surface area contributed by atoms with Crippen LogP contribution in [-0.2, 0) is 4.57 Å². The van der Waals surface area contributed by atoms with Crippen molar-refractivity contribution in [2.45, 2.75) is 0 Å². The Morgan fingerprint density at radius 2 is 1.50 bits per heavy atom. The maximum atomic E-state index is 11.5. The summed E-state index contributed by atoms with van der Waals surface area (Å²) in [6, 6.07) is 7.89. The van der Waals surface area contributed by atoms with Crippen molar-refractivity contribution in [2.24, 2.45) is 0 Å². The van der Waals surface area contributed by atoms with Crippen molar-refractivity contribution in [3.8, 4) is 51.2 Å². The Bertz CT molecular complexity index is 1090. The molecule has 10 nitrogen and oxygen atoms in total. The fourth-order valence-corrected chi connectivity index (χ4v) is 3.31. The van der Waals surface area contributed by atoms with Crippen LogP contribution < -0.4 is 82.6 Å². The van der Waals surface area contributed by atoms with Gasteiger partial charge in [-0.05, 0) is 24.3 Å². The predicted molar refractivity (Wildman–Crippen MR) is 108 cm³/mol. The SMILES string of the molecule is COc1ccc(-c2cnoc2-c2cc(OC)c(OC)c(OC)c2)c(OP(=O)(O)O)c1.[H-].[H-].[Na+].[Na+]. The fourth-order valence-electron chi connectivity index (χ4n) is 2.91. The second kappa shape index (κ2) is 12.3. The number of hydrogen-bond acceptors (Lipinski definition) is 8. The molecule has 32 heavy (non-hydrogen) atoms. The van der Waals surface area contributed by atoms with Gasteiger partial charge in [-0.15, -0.1) is 0 Å². The van der Waals surface area contributed by atoms with Crippen molar-refractivity contribution in [1.29, 1.82) is 0 Å². The van der Waals surface area contributed by atoms with Gasteiger partial charge < -0.3 is 30.8 Å². The van der Waals surface area contributed by atoms with Gasteiger partial charge in [-0.25, -0.2) is 4.57 Å². The van der Waals surface area contributed by atoms with Crippen molar-refractivity contribution in [1.82, 2.24) is 5.16 Å². The van der Waals surface area contributed by atoms with Gasteiger partial charge in [0, 0.05) is 17.2 Å². The van der Waals surface area contributed by atoms with Crippen molar-refractivity contribution in [3.63, 3.8) is 0 Å². The Labute approximate surface area is 231 Å². The van der Waals surface area contributed by atoms with Gasteiger partial charge in [0.05, 0.1) is 40.2 Å². The molecule has 0 aliphatic carbocycles. The van der Waals surface area contributed by atoms with Crippen molar-refractivity contribution >= 4 is 7.82 Å². The van der Waals surface area contributed by atoms with Gasteiger partial charge in [-0.1, -0.05) is 5.16 Å². The number of nitrogens with zero attached hydrogens (tertiary/aromatic N) is 1. The molecule has 0 bridgehead atoms. The van der Waals surface area contributed by atoms with Crippen molar-refractivity contribution in [3.05, 3.63) is 36.5 Å². The minimum absolute atomic E-state index is 0. The van der Waals surface area contributed by atoms with Crippen LogP contribution in [0, 0.1) is 0 Å². The molecule has 1 aromatic heterocycles. The number of hydrogen-bond donors (Lipinski definition) is 2. The van der Waals surface area contributed by atoms with Crippen LogP contribution in [0.3, 0.4) is 0 Å². The first kappa shape index (κ1) is 28.8. The molecule has 0 aliphatic heterocycles. The van der Waals surface area contributed by atoms with Gasteiger partial charge in [-0.2, -0.15) is 0 Å². The largest absolute Gasteiger partial charge is 1.00 e. The summed E-state index contributed by atoms with van der Waals surface area (Å²) < 4.78 is 43.0. The number of benzene rings is 2. The number of phosphoric acid groups is 1. The topological polar surface area (TPSA) is 130 Å². The van der Waals surface area contributed by atoms with Gasteiger partial charge in [0.25, 0.3) is 0 Å². The van der Waals surface area contributed by atoms with E-state index < -0.39 is 7.82 Å². The molecule has 2 aromatic carbocycles. The van der Waals surface area contributed by atoms with E-state index in [1.54, 1.807) is 24.3 Å². The molecule has 0 spiro atoms. The third kappa shape index (κ3) is 6.44. The van der Waals surface area contributed by atoms with Crippen molar-refractivity contribution < 1.29 is 104 Å². The summed E-state index contributed by atoms with van der Waals surface area (Å²) in [5.74, 6) is 1.76. The molecular formula is C19H22NNa2O9P. The maximum Gasteiger partial charge on any atom is 1.00 e. The molecule has 164 valence electrons. The van der Waals surface area contributed by atoms with Gasteiger partial charge in [-0.3, -0.25) is 9.79 Å². The van der Waals surface area contributed by atoms with Crippen LogP contribution in [0.4, 0.5) is 0 Å². The Balaban J connectivity index is 0. The van der Waals surface area contributed by atoms with Crippen LogP contribution in [-0.4, -0.2) is 43.4 Å². The zero-order valence-corrected chi connectivity index (χ0v) is 23.5. The molecule has 13 heteroatoms. The Hall–Kier alpha value is -1.20. The van der Waals surface area contributed by atoms with E-state index in [9.17, 15) is 14.4 Å².